The molecule has 0 unspecified atom stereocenters. The van der Waals surface area contributed by atoms with Gasteiger partial charge < -0.3 is 0 Å². The molecule has 0 aliphatic heterocycles. The van der Waals surface area contributed by atoms with Crippen LogP contribution in [0.1, 0.15) is 64.2 Å². The first-order valence-corrected chi connectivity index (χ1v) is 7.58. The molecule has 0 N–H and O–H groups in total. The maximum absolute atomic E-state index is 12.9. The van der Waals surface area contributed by atoms with E-state index in [1.165, 1.54) is 38.5 Å². The molecule has 1 fully saturated rings. The zero-order valence-electron chi connectivity index (χ0n) is 12.0. The van der Waals surface area contributed by atoms with Crippen LogP contribution in [0.4, 0.5) is 0 Å². The van der Waals surface area contributed by atoms with E-state index in [1.807, 2.05) is 0 Å². The van der Waals surface area contributed by atoms with Gasteiger partial charge in [-0.1, -0.05) is 31.8 Å². The molecule has 0 bridgehead atoms. The van der Waals surface area contributed by atoms with E-state index in [0.717, 1.165) is 31.3 Å². The summed E-state index contributed by atoms with van der Waals surface area (Å²) in [6.07, 6.45) is 13.9. The molecule has 0 heterocycles. The lowest BCUT2D eigenvalue weighted by atomic mass is 9.83. The van der Waals surface area contributed by atoms with E-state index in [-0.39, 0.29) is 5.54 Å². The summed E-state index contributed by atoms with van der Waals surface area (Å²) in [5, 5.41) is 0. The van der Waals surface area contributed by atoms with E-state index < -0.39 is 0 Å². The van der Waals surface area contributed by atoms with Crippen molar-refractivity contribution < 1.29 is 4.79 Å². The summed E-state index contributed by atoms with van der Waals surface area (Å²) in [6.45, 7) is 0. The third-order valence-corrected chi connectivity index (χ3v) is 4.79. The third-order valence-electron chi connectivity index (χ3n) is 4.79. The highest BCUT2D eigenvalue weighted by atomic mass is 16.1. The molecule has 0 radical (unpaired) electrons. The summed E-state index contributed by atoms with van der Waals surface area (Å²) in [5.74, 6) is 0.437. The number of carbonyl (C=O) groups is 1. The molecule has 2 aliphatic carbocycles. The Labute approximate surface area is 111 Å². The van der Waals surface area contributed by atoms with Gasteiger partial charge in [-0.3, -0.25) is 9.69 Å². The van der Waals surface area contributed by atoms with Gasteiger partial charge in [-0.15, -0.1) is 0 Å². The van der Waals surface area contributed by atoms with Crippen LogP contribution in [0.25, 0.3) is 0 Å². The Morgan fingerprint density at radius 1 is 1.06 bits per heavy atom. The SMILES string of the molecule is CN(C)C1(C(=O)C2=CCCCCCC2)CCCC1. The number of likely N-dealkylation sites (N-methyl/N-ethyl adjacent to an activating group) is 1. The smallest absolute Gasteiger partial charge is 0.178 e. The van der Waals surface area contributed by atoms with Crippen molar-refractivity contribution in [2.24, 2.45) is 0 Å². The molecule has 0 aromatic rings. The second-order valence-corrected chi connectivity index (χ2v) is 6.14. The van der Waals surface area contributed by atoms with Gasteiger partial charge in [0.05, 0.1) is 5.54 Å². The average Bonchev–Trinajstić information content (AvgIpc) is 2.77. The van der Waals surface area contributed by atoms with Crippen LogP contribution in [0.3, 0.4) is 0 Å². The molecule has 2 aliphatic rings. The standard InChI is InChI=1S/C16H27NO/c1-17(2)16(12-8-9-13-16)15(18)14-10-6-4-3-5-7-11-14/h10H,3-9,11-13H2,1-2H3. The maximum atomic E-state index is 12.9. The van der Waals surface area contributed by atoms with Gasteiger partial charge in [0.25, 0.3) is 0 Å². The molecule has 0 aromatic carbocycles. The van der Waals surface area contributed by atoms with Gasteiger partial charge in [-0.05, 0) is 58.2 Å². The summed E-state index contributed by atoms with van der Waals surface area (Å²) in [6, 6.07) is 0. The van der Waals surface area contributed by atoms with E-state index in [1.54, 1.807) is 0 Å². The van der Waals surface area contributed by atoms with Gasteiger partial charge in [0.2, 0.25) is 0 Å². The van der Waals surface area contributed by atoms with Crippen LogP contribution in [0.5, 0.6) is 0 Å². The monoisotopic (exact) mass is 249 g/mol. The summed E-state index contributed by atoms with van der Waals surface area (Å²) >= 11 is 0. The number of ketones is 1. The first kappa shape index (κ1) is 13.8. The van der Waals surface area contributed by atoms with Gasteiger partial charge in [0, 0.05) is 0 Å². The minimum absolute atomic E-state index is 0.176. The Bertz CT molecular complexity index is 324. The van der Waals surface area contributed by atoms with Crippen molar-refractivity contribution in [2.75, 3.05) is 14.1 Å². The Balaban J connectivity index is 2.17. The predicted octanol–water partition coefficient (Wildman–Crippen LogP) is 3.71. The first-order valence-electron chi connectivity index (χ1n) is 7.58. The number of carbonyl (C=O) groups excluding carboxylic acids is 1. The molecule has 0 spiro atoms. The molecule has 18 heavy (non-hydrogen) atoms. The van der Waals surface area contributed by atoms with Crippen molar-refractivity contribution >= 4 is 5.78 Å². The van der Waals surface area contributed by atoms with Crippen molar-refractivity contribution in [1.82, 2.24) is 4.90 Å². The quantitative estimate of drug-likeness (QED) is 0.760. The zero-order chi connectivity index (χ0) is 13.0. The highest BCUT2D eigenvalue weighted by Gasteiger charge is 2.43. The van der Waals surface area contributed by atoms with Gasteiger partial charge in [-0.25, -0.2) is 0 Å². The van der Waals surface area contributed by atoms with Gasteiger partial charge in [0.1, 0.15) is 0 Å². The fourth-order valence-electron chi connectivity index (χ4n) is 3.53. The predicted molar refractivity (Wildman–Crippen MR) is 75.7 cm³/mol. The van der Waals surface area contributed by atoms with Gasteiger partial charge >= 0.3 is 0 Å². The topological polar surface area (TPSA) is 20.3 Å². The Hall–Kier alpha value is -0.630. The molecular weight excluding hydrogens is 222 g/mol. The molecule has 2 heteroatoms. The number of Topliss-reactive ketones (excluding diaryl/α,β-unsaturated/α-hetero) is 1. The van der Waals surface area contributed by atoms with Crippen molar-refractivity contribution in [2.45, 2.75) is 69.7 Å². The van der Waals surface area contributed by atoms with Crippen LogP contribution in [0.15, 0.2) is 11.6 Å². The molecule has 2 nitrogen and oxygen atoms in total. The zero-order valence-corrected chi connectivity index (χ0v) is 12.0. The second kappa shape index (κ2) is 6.01. The minimum atomic E-state index is -0.176. The Kier molecular flexibility index (Phi) is 4.60. The molecular formula is C16H27NO. The average molecular weight is 249 g/mol. The summed E-state index contributed by atoms with van der Waals surface area (Å²) in [5.41, 5.74) is 0.954. The fraction of sp³-hybridized carbons (Fsp3) is 0.812. The summed E-state index contributed by atoms with van der Waals surface area (Å²) in [7, 11) is 4.15. The van der Waals surface area contributed by atoms with Crippen molar-refractivity contribution in [1.29, 1.82) is 0 Å². The van der Waals surface area contributed by atoms with E-state index in [9.17, 15) is 4.79 Å². The molecule has 0 amide bonds. The van der Waals surface area contributed by atoms with Crippen LogP contribution < -0.4 is 0 Å². The lowest BCUT2D eigenvalue weighted by Crippen LogP contribution is -2.49. The first-order chi connectivity index (χ1) is 8.67. The Morgan fingerprint density at radius 3 is 2.39 bits per heavy atom. The molecule has 0 aromatic heterocycles. The largest absolute Gasteiger partial charge is 0.297 e. The summed E-state index contributed by atoms with van der Waals surface area (Å²) in [4.78, 5) is 15.1. The third kappa shape index (κ3) is 2.69. The number of hydrogen-bond acceptors (Lipinski definition) is 2. The molecule has 1 saturated carbocycles. The van der Waals surface area contributed by atoms with Crippen LogP contribution in [0.2, 0.25) is 0 Å². The normalized spacial score (nSPS) is 24.5. The number of nitrogens with zero attached hydrogens (tertiary/aromatic N) is 1. The Morgan fingerprint density at radius 2 is 1.72 bits per heavy atom. The van der Waals surface area contributed by atoms with E-state index in [2.05, 4.69) is 25.1 Å². The van der Waals surface area contributed by atoms with E-state index in [4.69, 9.17) is 0 Å². The summed E-state index contributed by atoms with van der Waals surface area (Å²) < 4.78 is 0. The molecule has 2 rings (SSSR count). The van der Waals surface area contributed by atoms with Crippen LogP contribution in [0, 0.1) is 0 Å². The van der Waals surface area contributed by atoms with Crippen molar-refractivity contribution in [3.8, 4) is 0 Å². The second-order valence-electron chi connectivity index (χ2n) is 6.14. The lowest BCUT2D eigenvalue weighted by Gasteiger charge is -2.35. The maximum Gasteiger partial charge on any atom is 0.178 e. The fourth-order valence-corrected chi connectivity index (χ4v) is 3.53. The number of hydrogen-bond donors (Lipinski definition) is 0. The lowest BCUT2D eigenvalue weighted by molar-refractivity contribution is -0.125. The highest BCUT2D eigenvalue weighted by molar-refractivity contribution is 6.02. The molecule has 102 valence electrons. The molecule has 0 saturated heterocycles. The van der Waals surface area contributed by atoms with Gasteiger partial charge in [0.15, 0.2) is 5.78 Å². The van der Waals surface area contributed by atoms with Crippen molar-refractivity contribution in [3.05, 3.63) is 11.6 Å². The highest BCUT2D eigenvalue weighted by Crippen LogP contribution is 2.37. The van der Waals surface area contributed by atoms with E-state index in [0.29, 0.717) is 5.78 Å². The van der Waals surface area contributed by atoms with Crippen LogP contribution in [-0.4, -0.2) is 30.3 Å². The van der Waals surface area contributed by atoms with Gasteiger partial charge in [-0.2, -0.15) is 0 Å². The number of rotatable bonds is 3. The van der Waals surface area contributed by atoms with Crippen LogP contribution >= 0.6 is 0 Å². The van der Waals surface area contributed by atoms with Crippen LogP contribution in [-0.2, 0) is 4.79 Å². The molecule has 0 atom stereocenters. The number of allylic oxidation sites excluding steroid dienone is 1. The van der Waals surface area contributed by atoms with Crippen molar-refractivity contribution in [3.63, 3.8) is 0 Å². The minimum Gasteiger partial charge on any atom is -0.297 e. The van der Waals surface area contributed by atoms with E-state index >= 15 is 0 Å².